The summed E-state index contributed by atoms with van der Waals surface area (Å²) in [5.74, 6) is 5.75. The largest absolute Gasteiger partial charge is 0.396 e. The average molecular weight is 404 g/mol. The Morgan fingerprint density at radius 1 is 1.18 bits per heavy atom. The highest BCUT2D eigenvalue weighted by molar-refractivity contribution is 6.31. The van der Waals surface area contributed by atoms with Gasteiger partial charge in [-0.3, -0.25) is 4.98 Å². The fourth-order valence-electron chi connectivity index (χ4n) is 3.24. The minimum atomic E-state index is -1.07. The van der Waals surface area contributed by atoms with Gasteiger partial charge in [-0.1, -0.05) is 23.4 Å². The molecule has 0 bridgehead atoms. The van der Waals surface area contributed by atoms with Crippen LogP contribution in [0.5, 0.6) is 0 Å². The molecule has 0 aliphatic heterocycles. The standard InChI is InChI=1S/C19H22ClN5O3/c1-9-3-4-11(10(2)22-9)5-6-13-17(20)24-19(21)25-18(13)23-14-7-12(8-26)15(27)16(14)28/h3-4,12,14-16,26-28H,7-8H2,1-2H3,(H3,21,23,24,25)/t12-,14-,15-,16+/m1/s1. The lowest BCUT2D eigenvalue weighted by molar-refractivity contribution is 0.00445. The van der Waals surface area contributed by atoms with E-state index in [1.54, 1.807) is 0 Å². The van der Waals surface area contributed by atoms with E-state index in [0.29, 0.717) is 12.0 Å². The maximum absolute atomic E-state index is 10.2. The average Bonchev–Trinajstić information content (AvgIpc) is 2.90. The van der Waals surface area contributed by atoms with E-state index in [0.717, 1.165) is 17.0 Å². The number of aryl methyl sites for hydroxylation is 2. The van der Waals surface area contributed by atoms with Gasteiger partial charge in [0.05, 0.1) is 17.8 Å². The molecule has 0 radical (unpaired) electrons. The van der Waals surface area contributed by atoms with E-state index in [-0.39, 0.29) is 23.5 Å². The second-order valence-electron chi connectivity index (χ2n) is 6.84. The van der Waals surface area contributed by atoms with Crippen molar-refractivity contribution in [3.8, 4) is 11.8 Å². The quantitative estimate of drug-likeness (QED) is 0.372. The second-order valence-corrected chi connectivity index (χ2v) is 7.20. The molecule has 9 heteroatoms. The maximum Gasteiger partial charge on any atom is 0.223 e. The second kappa shape index (κ2) is 8.29. The first-order valence-electron chi connectivity index (χ1n) is 8.83. The number of nitrogens with one attached hydrogen (secondary N) is 1. The molecule has 2 aromatic heterocycles. The number of nitrogens with two attached hydrogens (primary N) is 1. The van der Waals surface area contributed by atoms with E-state index < -0.39 is 24.2 Å². The molecule has 1 fully saturated rings. The predicted octanol–water partition coefficient (Wildman–Crippen LogP) is 0.638. The summed E-state index contributed by atoms with van der Waals surface area (Å²) in [5, 5.41) is 32.7. The molecule has 8 nitrogen and oxygen atoms in total. The number of nitrogen functional groups attached to an aromatic ring is 1. The lowest BCUT2D eigenvalue weighted by atomic mass is 10.1. The van der Waals surface area contributed by atoms with Gasteiger partial charge < -0.3 is 26.4 Å². The number of aromatic nitrogens is 3. The minimum Gasteiger partial charge on any atom is -0.396 e. The van der Waals surface area contributed by atoms with E-state index >= 15 is 0 Å². The van der Waals surface area contributed by atoms with Crippen LogP contribution in [0.25, 0.3) is 0 Å². The van der Waals surface area contributed by atoms with Crippen LogP contribution in [0.1, 0.15) is 28.9 Å². The number of aliphatic hydroxyl groups excluding tert-OH is 3. The van der Waals surface area contributed by atoms with Gasteiger partial charge in [0.25, 0.3) is 0 Å². The van der Waals surface area contributed by atoms with Gasteiger partial charge in [0, 0.05) is 23.8 Å². The molecule has 0 unspecified atom stereocenters. The Hall–Kier alpha value is -2.44. The molecule has 2 aromatic rings. The lowest BCUT2D eigenvalue weighted by Gasteiger charge is -2.19. The van der Waals surface area contributed by atoms with Crippen molar-refractivity contribution in [2.24, 2.45) is 5.92 Å². The SMILES string of the molecule is Cc1ccc(C#Cc2c(Cl)nc(N)nc2N[C@@H]2C[C@H](CO)[C@@H](O)[C@H]2O)c(C)n1. The fourth-order valence-corrected chi connectivity index (χ4v) is 3.46. The third-order valence-corrected chi connectivity index (χ3v) is 5.06. The van der Waals surface area contributed by atoms with E-state index in [9.17, 15) is 15.3 Å². The summed E-state index contributed by atoms with van der Waals surface area (Å²) in [4.78, 5) is 12.5. The normalized spacial score (nSPS) is 23.9. The Kier molecular flexibility index (Phi) is 6.01. The van der Waals surface area contributed by atoms with Crippen LogP contribution in [0.15, 0.2) is 12.1 Å². The van der Waals surface area contributed by atoms with Crippen LogP contribution >= 0.6 is 11.6 Å². The Morgan fingerprint density at radius 2 is 1.93 bits per heavy atom. The molecule has 0 saturated heterocycles. The number of anilines is 2. The highest BCUT2D eigenvalue weighted by Gasteiger charge is 2.41. The van der Waals surface area contributed by atoms with Crippen molar-refractivity contribution >= 4 is 23.4 Å². The Labute approximate surface area is 167 Å². The molecule has 1 aliphatic carbocycles. The van der Waals surface area contributed by atoms with Crippen molar-refractivity contribution in [1.82, 2.24) is 15.0 Å². The van der Waals surface area contributed by atoms with Crippen LogP contribution in [0.4, 0.5) is 11.8 Å². The van der Waals surface area contributed by atoms with E-state index in [4.69, 9.17) is 17.3 Å². The summed E-state index contributed by atoms with van der Waals surface area (Å²) >= 11 is 6.23. The molecular weight excluding hydrogens is 382 g/mol. The zero-order chi connectivity index (χ0) is 20.4. The van der Waals surface area contributed by atoms with Gasteiger partial charge >= 0.3 is 0 Å². The molecule has 0 amide bonds. The molecule has 28 heavy (non-hydrogen) atoms. The number of hydrogen-bond acceptors (Lipinski definition) is 8. The first-order chi connectivity index (χ1) is 13.3. The van der Waals surface area contributed by atoms with Gasteiger partial charge in [0.2, 0.25) is 5.95 Å². The number of pyridine rings is 1. The van der Waals surface area contributed by atoms with Gasteiger partial charge in [-0.15, -0.1) is 0 Å². The van der Waals surface area contributed by atoms with Crippen LogP contribution in [0.3, 0.4) is 0 Å². The first-order valence-corrected chi connectivity index (χ1v) is 9.20. The molecule has 3 rings (SSSR count). The number of rotatable bonds is 3. The first kappa shape index (κ1) is 20.3. The zero-order valence-corrected chi connectivity index (χ0v) is 16.3. The van der Waals surface area contributed by atoms with Crippen LogP contribution in [-0.4, -0.2) is 55.1 Å². The van der Waals surface area contributed by atoms with Gasteiger partial charge in [-0.05, 0) is 32.4 Å². The van der Waals surface area contributed by atoms with Crippen molar-refractivity contribution < 1.29 is 15.3 Å². The van der Waals surface area contributed by atoms with Gasteiger partial charge in [0.15, 0.2) is 5.15 Å². The summed E-state index contributed by atoms with van der Waals surface area (Å²) in [6.45, 7) is 3.54. The predicted molar refractivity (Wildman–Crippen MR) is 106 cm³/mol. The third kappa shape index (κ3) is 4.18. The number of nitrogens with zero attached hydrogens (tertiary/aromatic N) is 3. The van der Waals surface area contributed by atoms with Gasteiger partial charge in [0.1, 0.15) is 17.5 Å². The number of halogens is 1. The topological polar surface area (TPSA) is 137 Å². The summed E-state index contributed by atoms with van der Waals surface area (Å²) in [6.07, 6.45) is -1.75. The third-order valence-electron chi connectivity index (χ3n) is 4.79. The van der Waals surface area contributed by atoms with E-state index in [2.05, 4.69) is 32.1 Å². The van der Waals surface area contributed by atoms with Crippen molar-refractivity contribution in [2.75, 3.05) is 17.7 Å². The molecule has 0 spiro atoms. The highest BCUT2D eigenvalue weighted by atomic mass is 35.5. The molecule has 148 valence electrons. The fraction of sp³-hybridized carbons (Fsp3) is 0.421. The molecule has 1 aliphatic rings. The van der Waals surface area contributed by atoms with Gasteiger partial charge in [-0.25, -0.2) is 0 Å². The summed E-state index contributed by atoms with van der Waals surface area (Å²) in [5.41, 5.74) is 8.45. The summed E-state index contributed by atoms with van der Waals surface area (Å²) in [7, 11) is 0. The Bertz CT molecular complexity index is 943. The summed E-state index contributed by atoms with van der Waals surface area (Å²) in [6, 6.07) is 3.19. The smallest absolute Gasteiger partial charge is 0.223 e. The maximum atomic E-state index is 10.2. The molecule has 0 aromatic carbocycles. The van der Waals surface area contributed by atoms with Crippen molar-refractivity contribution in [1.29, 1.82) is 0 Å². The Morgan fingerprint density at radius 3 is 2.57 bits per heavy atom. The van der Waals surface area contributed by atoms with E-state index in [1.165, 1.54) is 0 Å². The zero-order valence-electron chi connectivity index (χ0n) is 15.5. The molecule has 2 heterocycles. The number of hydrogen-bond donors (Lipinski definition) is 5. The van der Waals surface area contributed by atoms with Crippen LogP contribution < -0.4 is 11.1 Å². The molecule has 6 N–H and O–H groups in total. The van der Waals surface area contributed by atoms with Crippen molar-refractivity contribution in [3.63, 3.8) is 0 Å². The number of aliphatic hydroxyl groups is 3. The van der Waals surface area contributed by atoms with Crippen LogP contribution in [-0.2, 0) is 0 Å². The summed E-state index contributed by atoms with van der Waals surface area (Å²) < 4.78 is 0. The van der Waals surface area contributed by atoms with Crippen molar-refractivity contribution in [2.45, 2.75) is 38.5 Å². The monoisotopic (exact) mass is 403 g/mol. The van der Waals surface area contributed by atoms with Crippen molar-refractivity contribution in [3.05, 3.63) is 39.8 Å². The lowest BCUT2D eigenvalue weighted by Crippen LogP contribution is -2.35. The molecule has 1 saturated carbocycles. The van der Waals surface area contributed by atoms with E-state index in [1.807, 2.05) is 26.0 Å². The van der Waals surface area contributed by atoms with Crippen LogP contribution in [0, 0.1) is 31.6 Å². The Balaban J connectivity index is 1.94. The highest BCUT2D eigenvalue weighted by Crippen LogP contribution is 2.30. The molecular formula is C19H22ClN5O3. The minimum absolute atomic E-state index is 0.0435. The van der Waals surface area contributed by atoms with Gasteiger partial charge in [-0.2, -0.15) is 9.97 Å². The molecule has 4 atom stereocenters. The van der Waals surface area contributed by atoms with Crippen LogP contribution in [0.2, 0.25) is 5.15 Å².